The molecule has 2 aliphatic rings. The van der Waals surface area contributed by atoms with E-state index in [9.17, 15) is 4.79 Å². The van der Waals surface area contributed by atoms with Crippen molar-refractivity contribution in [2.75, 3.05) is 18.6 Å². The highest BCUT2D eigenvalue weighted by molar-refractivity contribution is 6.74. The zero-order valence-electron chi connectivity index (χ0n) is 24.1. The molecule has 1 amide bonds. The number of benzene rings is 1. The Balaban J connectivity index is 1.54. The van der Waals surface area contributed by atoms with Gasteiger partial charge in [0.2, 0.25) is 0 Å². The molecule has 6 nitrogen and oxygen atoms in total. The van der Waals surface area contributed by atoms with Crippen molar-refractivity contribution in [3.05, 3.63) is 64.6 Å². The molecule has 3 heterocycles. The summed E-state index contributed by atoms with van der Waals surface area (Å²) in [6, 6.07) is 10.0. The topological polar surface area (TPSA) is 58.6 Å². The van der Waals surface area contributed by atoms with Crippen molar-refractivity contribution >= 4 is 42.4 Å². The molecule has 0 spiro atoms. The van der Waals surface area contributed by atoms with Gasteiger partial charge >= 0.3 is 0 Å². The van der Waals surface area contributed by atoms with Crippen LogP contribution in [0, 0.1) is 0 Å². The lowest BCUT2D eigenvalue weighted by molar-refractivity contribution is 0.0356. The van der Waals surface area contributed by atoms with Crippen molar-refractivity contribution in [3.63, 3.8) is 0 Å². The van der Waals surface area contributed by atoms with E-state index in [0.29, 0.717) is 18.2 Å². The van der Waals surface area contributed by atoms with Crippen molar-refractivity contribution in [3.8, 4) is 0 Å². The molecule has 1 aliphatic carbocycles. The van der Waals surface area contributed by atoms with Gasteiger partial charge < -0.3 is 14.2 Å². The third kappa shape index (κ3) is 5.59. The van der Waals surface area contributed by atoms with Crippen molar-refractivity contribution in [2.24, 2.45) is 0 Å². The second-order valence-corrected chi connectivity index (χ2v) is 17.9. The first-order chi connectivity index (χ1) is 18.5. The number of nitrogens with zero attached hydrogens (tertiary/aromatic N) is 4. The van der Waals surface area contributed by atoms with Crippen molar-refractivity contribution in [1.82, 2.24) is 14.9 Å². The molecule has 0 saturated heterocycles. The minimum Gasteiger partial charge on any atom is -0.412 e. The van der Waals surface area contributed by atoms with E-state index < -0.39 is 8.32 Å². The number of carbonyl (C=O) groups excluding carboxylic acids is 1. The molecular weight excluding hydrogens is 524 g/mol. The van der Waals surface area contributed by atoms with Crippen LogP contribution in [0.3, 0.4) is 0 Å². The average molecular weight is 565 g/mol. The van der Waals surface area contributed by atoms with E-state index in [1.165, 1.54) is 6.42 Å². The maximum absolute atomic E-state index is 14.4. The monoisotopic (exact) mass is 564 g/mol. The summed E-state index contributed by atoms with van der Waals surface area (Å²) in [6.07, 6.45) is 9.77. The minimum atomic E-state index is -2.00. The minimum absolute atomic E-state index is 0.0606. The molecule has 0 unspecified atom stereocenters. The summed E-state index contributed by atoms with van der Waals surface area (Å²) in [7, 11) is 0.0788. The van der Waals surface area contributed by atoms with Crippen molar-refractivity contribution in [2.45, 2.75) is 89.6 Å². The quantitative estimate of drug-likeness (QED) is 0.183. The Morgan fingerprint density at radius 3 is 2.59 bits per heavy atom. The van der Waals surface area contributed by atoms with E-state index in [2.05, 4.69) is 67.8 Å². The molecule has 1 saturated carbocycles. The van der Waals surface area contributed by atoms with Crippen LogP contribution in [0.5, 0.6) is 0 Å². The molecule has 1 aromatic carbocycles. The van der Waals surface area contributed by atoms with Crippen LogP contribution in [-0.4, -0.2) is 55.0 Å². The third-order valence-corrected chi connectivity index (χ3v) is 13.7. The van der Waals surface area contributed by atoms with Gasteiger partial charge in [-0.1, -0.05) is 63.8 Å². The lowest BCUT2D eigenvalue weighted by Gasteiger charge is -2.46. The van der Waals surface area contributed by atoms with Crippen molar-refractivity contribution < 1.29 is 9.22 Å². The lowest BCUT2D eigenvalue weighted by atomic mass is 9.94. The predicted octanol–water partition coefficient (Wildman–Crippen LogP) is 7.45. The van der Waals surface area contributed by atoms with E-state index in [1.807, 2.05) is 24.4 Å². The number of aromatic nitrogens is 2. The first-order valence-electron chi connectivity index (χ1n) is 14.2. The van der Waals surface area contributed by atoms with Crippen molar-refractivity contribution in [1.29, 1.82) is 0 Å². The highest BCUT2D eigenvalue weighted by Crippen LogP contribution is 2.42. The molecule has 1 fully saturated rings. The third-order valence-electron chi connectivity index (χ3n) is 8.94. The number of pyridine rings is 2. The number of fused-ring (bicyclic) bond motifs is 3. The van der Waals surface area contributed by atoms with Crippen LogP contribution in [0.1, 0.15) is 74.4 Å². The fourth-order valence-electron chi connectivity index (χ4n) is 5.80. The molecule has 0 bridgehead atoms. The van der Waals surface area contributed by atoms with E-state index in [0.717, 1.165) is 59.0 Å². The summed E-state index contributed by atoms with van der Waals surface area (Å²) >= 11 is 6.03. The van der Waals surface area contributed by atoms with E-state index in [4.69, 9.17) is 21.0 Å². The molecular formula is C31H41ClN4O2Si. The molecule has 3 aromatic rings. The number of hydrogen-bond donors (Lipinski definition) is 0. The Kier molecular flexibility index (Phi) is 7.79. The first-order valence-corrected chi connectivity index (χ1v) is 17.5. The van der Waals surface area contributed by atoms with Gasteiger partial charge in [0.15, 0.2) is 8.32 Å². The Morgan fingerprint density at radius 1 is 1.10 bits per heavy atom. The van der Waals surface area contributed by atoms with Crippen LogP contribution in [0.4, 0.5) is 5.69 Å². The molecule has 2 atom stereocenters. The van der Waals surface area contributed by atoms with Crippen LogP contribution < -0.4 is 4.90 Å². The summed E-state index contributed by atoms with van der Waals surface area (Å²) in [5, 5.41) is 1.66. The van der Waals surface area contributed by atoms with Gasteiger partial charge in [0.05, 0.1) is 35.6 Å². The standard InChI is InChI=1S/C31H41ClN4O2Si/c1-31(2,3)39(5,6)38-26-13-9-7-8-12-25(26)36-20-35(4)29-24(30(36)37)18-22(23-11-10-16-33-28(23)29)17-21-14-15-27(32)34-19-21/h10-11,14-16,18-19,25-26H,7-9,12-13,17,20H2,1-6H3/t25-,26-/m0/s1. The number of rotatable bonds is 5. The Labute approximate surface area is 238 Å². The maximum atomic E-state index is 14.4. The van der Waals surface area contributed by atoms with Crippen LogP contribution in [0.2, 0.25) is 23.3 Å². The number of carbonyl (C=O) groups is 1. The molecule has 39 heavy (non-hydrogen) atoms. The highest BCUT2D eigenvalue weighted by Gasteiger charge is 2.44. The molecule has 2 aromatic heterocycles. The summed E-state index contributed by atoms with van der Waals surface area (Å²) in [5.41, 5.74) is 4.63. The Hall–Kier alpha value is -2.48. The van der Waals surface area contributed by atoms with Crippen LogP contribution in [0.25, 0.3) is 10.9 Å². The zero-order valence-corrected chi connectivity index (χ0v) is 25.9. The maximum Gasteiger partial charge on any atom is 0.257 e. The average Bonchev–Trinajstić information content (AvgIpc) is 3.11. The highest BCUT2D eigenvalue weighted by atomic mass is 35.5. The molecule has 0 N–H and O–H groups in total. The number of anilines is 1. The van der Waals surface area contributed by atoms with Gasteiger partial charge in [0.1, 0.15) is 5.15 Å². The van der Waals surface area contributed by atoms with E-state index >= 15 is 0 Å². The van der Waals surface area contributed by atoms with E-state index in [-0.39, 0.29) is 23.1 Å². The fraction of sp³-hybridized carbons (Fsp3) is 0.516. The van der Waals surface area contributed by atoms with Gasteiger partial charge in [0.25, 0.3) is 5.91 Å². The summed E-state index contributed by atoms with van der Waals surface area (Å²) < 4.78 is 7.04. The molecule has 8 heteroatoms. The smallest absolute Gasteiger partial charge is 0.257 e. The summed E-state index contributed by atoms with van der Waals surface area (Å²) in [6.45, 7) is 12.1. The summed E-state index contributed by atoms with van der Waals surface area (Å²) in [5.74, 6) is 0.0851. The van der Waals surface area contributed by atoms with Gasteiger partial charge in [-0.25, -0.2) is 4.98 Å². The number of halogens is 1. The van der Waals surface area contributed by atoms with Crippen LogP contribution in [0.15, 0.2) is 42.7 Å². The zero-order chi connectivity index (χ0) is 27.9. The van der Waals surface area contributed by atoms with Gasteiger partial charge in [-0.3, -0.25) is 9.78 Å². The summed E-state index contributed by atoms with van der Waals surface area (Å²) in [4.78, 5) is 27.7. The molecule has 1 aliphatic heterocycles. The molecule has 5 rings (SSSR count). The van der Waals surface area contributed by atoms with Crippen LogP contribution in [-0.2, 0) is 10.8 Å². The molecule has 208 valence electrons. The predicted molar refractivity (Wildman–Crippen MR) is 162 cm³/mol. The normalized spacial score (nSPS) is 20.7. The lowest BCUT2D eigenvalue weighted by Crippen LogP contribution is -2.57. The SMILES string of the molecule is CN1CN([C@H]2CCCCC[C@@H]2O[Si](C)(C)C(C)(C)C)C(=O)c2cc(Cc3ccc(Cl)nc3)c3cccnc3c21. The van der Waals surface area contributed by atoms with Gasteiger partial charge in [0, 0.05) is 24.8 Å². The molecule has 0 radical (unpaired) electrons. The Bertz CT molecular complexity index is 1360. The first kappa shape index (κ1) is 28.1. The second-order valence-electron chi connectivity index (χ2n) is 12.7. The van der Waals surface area contributed by atoms with Crippen LogP contribution >= 0.6 is 11.6 Å². The number of amides is 1. The second kappa shape index (κ2) is 10.8. The fourth-order valence-corrected chi connectivity index (χ4v) is 7.30. The largest absolute Gasteiger partial charge is 0.412 e. The van der Waals surface area contributed by atoms with Gasteiger partial charge in [-0.05, 0) is 66.7 Å². The van der Waals surface area contributed by atoms with Gasteiger partial charge in [-0.15, -0.1) is 0 Å². The van der Waals surface area contributed by atoms with E-state index in [1.54, 1.807) is 6.20 Å². The Morgan fingerprint density at radius 2 is 1.87 bits per heavy atom. The number of hydrogen-bond acceptors (Lipinski definition) is 5. The van der Waals surface area contributed by atoms with Gasteiger partial charge in [-0.2, -0.15) is 0 Å².